The van der Waals surface area contributed by atoms with Crippen LogP contribution in [0.3, 0.4) is 0 Å². The lowest BCUT2D eigenvalue weighted by Gasteiger charge is -2.11. The van der Waals surface area contributed by atoms with Crippen molar-refractivity contribution in [3.8, 4) is 0 Å². The van der Waals surface area contributed by atoms with Crippen molar-refractivity contribution < 1.29 is 23.1 Å². The first kappa shape index (κ1) is 20.4. The van der Waals surface area contributed by atoms with Gasteiger partial charge in [-0.25, -0.2) is 8.42 Å². The summed E-state index contributed by atoms with van der Waals surface area (Å²) in [7, 11) is -3.29. The van der Waals surface area contributed by atoms with E-state index in [1.54, 1.807) is 12.1 Å². The molecule has 0 aromatic heterocycles. The van der Waals surface area contributed by atoms with Crippen LogP contribution >= 0.6 is 0 Å². The Labute approximate surface area is 154 Å². The van der Waals surface area contributed by atoms with E-state index in [1.807, 2.05) is 0 Å². The number of unbranched alkanes of at least 4 members (excludes halogenated alkanes) is 3. The van der Waals surface area contributed by atoms with E-state index in [0.29, 0.717) is 23.4 Å². The standard InChI is InChI=1S/C19H27NO5S/c21-18(22)9-3-1-2-6-14-20-19(23)15-10-12-17(13-11-15)26(24,25)16-7-4-5-8-16/h10-13,16H,1-9,14H2,(H,20,23)(H,21,22). The molecule has 0 heterocycles. The largest absolute Gasteiger partial charge is 0.481 e. The highest BCUT2D eigenvalue weighted by atomic mass is 32.2. The number of amides is 1. The molecule has 6 nitrogen and oxygen atoms in total. The van der Waals surface area contributed by atoms with Gasteiger partial charge in [-0.2, -0.15) is 0 Å². The first-order chi connectivity index (χ1) is 12.4. The second kappa shape index (κ2) is 9.71. The molecule has 1 aliphatic rings. The fourth-order valence-corrected chi connectivity index (χ4v) is 5.10. The Morgan fingerprint density at radius 3 is 2.23 bits per heavy atom. The maximum Gasteiger partial charge on any atom is 0.303 e. The lowest BCUT2D eigenvalue weighted by atomic mass is 10.1. The molecule has 26 heavy (non-hydrogen) atoms. The van der Waals surface area contributed by atoms with Gasteiger partial charge in [-0.05, 0) is 49.9 Å². The molecule has 144 valence electrons. The number of hydrogen-bond donors (Lipinski definition) is 2. The predicted octanol–water partition coefficient (Wildman–Crippen LogP) is 3.17. The normalized spacial score (nSPS) is 15.1. The van der Waals surface area contributed by atoms with Crippen LogP contribution in [0.4, 0.5) is 0 Å². The van der Waals surface area contributed by atoms with Crippen molar-refractivity contribution in [3.05, 3.63) is 29.8 Å². The summed E-state index contributed by atoms with van der Waals surface area (Å²) >= 11 is 0. The molecule has 2 N–H and O–H groups in total. The minimum atomic E-state index is -3.29. The number of hydrogen-bond acceptors (Lipinski definition) is 4. The van der Waals surface area contributed by atoms with Crippen molar-refractivity contribution in [2.45, 2.75) is 67.9 Å². The molecule has 0 bridgehead atoms. The third-order valence-electron chi connectivity index (χ3n) is 4.79. The molecule has 0 spiro atoms. The molecule has 7 heteroatoms. The summed E-state index contributed by atoms with van der Waals surface area (Å²) in [6.45, 7) is 0.522. The van der Waals surface area contributed by atoms with Gasteiger partial charge in [0, 0.05) is 18.5 Å². The minimum Gasteiger partial charge on any atom is -0.481 e. The van der Waals surface area contributed by atoms with E-state index in [1.165, 1.54) is 12.1 Å². The molecule has 1 amide bonds. The average Bonchev–Trinajstić information content (AvgIpc) is 3.16. The van der Waals surface area contributed by atoms with Gasteiger partial charge < -0.3 is 10.4 Å². The number of aliphatic carboxylic acids is 1. The average molecular weight is 381 g/mol. The van der Waals surface area contributed by atoms with E-state index in [-0.39, 0.29) is 17.6 Å². The third kappa shape index (κ3) is 5.83. The number of sulfone groups is 1. The second-order valence-corrected chi connectivity index (χ2v) is 9.02. The van der Waals surface area contributed by atoms with Crippen molar-refractivity contribution >= 4 is 21.7 Å². The fourth-order valence-electron chi connectivity index (χ4n) is 3.25. The van der Waals surface area contributed by atoms with E-state index < -0.39 is 15.8 Å². The van der Waals surface area contributed by atoms with Crippen molar-refractivity contribution in [1.82, 2.24) is 5.32 Å². The van der Waals surface area contributed by atoms with Crippen LogP contribution in [0.2, 0.25) is 0 Å². The van der Waals surface area contributed by atoms with E-state index >= 15 is 0 Å². The molecule has 0 saturated heterocycles. The first-order valence-corrected chi connectivity index (χ1v) is 10.8. The van der Waals surface area contributed by atoms with Crippen LogP contribution < -0.4 is 5.32 Å². The van der Waals surface area contributed by atoms with E-state index in [4.69, 9.17) is 5.11 Å². The van der Waals surface area contributed by atoms with Crippen molar-refractivity contribution in [1.29, 1.82) is 0 Å². The number of carbonyl (C=O) groups excluding carboxylic acids is 1. The summed E-state index contributed by atoms with van der Waals surface area (Å²) in [6, 6.07) is 6.16. The maximum atomic E-state index is 12.5. The zero-order valence-corrected chi connectivity index (χ0v) is 15.8. The first-order valence-electron chi connectivity index (χ1n) is 9.25. The zero-order valence-electron chi connectivity index (χ0n) is 14.9. The van der Waals surface area contributed by atoms with E-state index in [2.05, 4.69) is 5.32 Å². The SMILES string of the molecule is O=C(O)CCCCCCNC(=O)c1ccc(S(=O)(=O)C2CCCC2)cc1. The molecule has 1 aromatic carbocycles. The molecule has 1 fully saturated rings. The summed E-state index contributed by atoms with van der Waals surface area (Å²) in [5.41, 5.74) is 0.446. The molecule has 0 atom stereocenters. The van der Waals surface area contributed by atoms with Crippen LogP contribution in [0.5, 0.6) is 0 Å². The molecule has 0 radical (unpaired) electrons. The van der Waals surface area contributed by atoms with Crippen LogP contribution in [0.25, 0.3) is 0 Å². The Morgan fingerprint density at radius 2 is 1.62 bits per heavy atom. The van der Waals surface area contributed by atoms with Crippen LogP contribution in [-0.4, -0.2) is 37.2 Å². The van der Waals surface area contributed by atoms with Crippen molar-refractivity contribution in [2.75, 3.05) is 6.54 Å². The highest BCUT2D eigenvalue weighted by Gasteiger charge is 2.30. The summed E-state index contributed by atoms with van der Waals surface area (Å²) in [6.07, 6.45) is 6.68. The van der Waals surface area contributed by atoms with Gasteiger partial charge >= 0.3 is 5.97 Å². The topological polar surface area (TPSA) is 101 Å². The lowest BCUT2D eigenvalue weighted by Crippen LogP contribution is -2.24. The number of benzene rings is 1. The van der Waals surface area contributed by atoms with Crippen LogP contribution in [0, 0.1) is 0 Å². The molecule has 2 rings (SSSR count). The highest BCUT2D eigenvalue weighted by molar-refractivity contribution is 7.92. The second-order valence-electron chi connectivity index (χ2n) is 6.79. The van der Waals surface area contributed by atoms with Crippen LogP contribution in [-0.2, 0) is 14.6 Å². The minimum absolute atomic E-state index is 0.183. The maximum absolute atomic E-state index is 12.5. The quantitative estimate of drug-likeness (QED) is 0.606. The Hall–Kier alpha value is -1.89. The van der Waals surface area contributed by atoms with E-state index in [9.17, 15) is 18.0 Å². The van der Waals surface area contributed by atoms with Crippen molar-refractivity contribution in [3.63, 3.8) is 0 Å². The van der Waals surface area contributed by atoms with Crippen molar-refractivity contribution in [2.24, 2.45) is 0 Å². The van der Waals surface area contributed by atoms with Gasteiger partial charge in [-0.1, -0.05) is 25.7 Å². The molecular weight excluding hydrogens is 354 g/mol. The zero-order chi connectivity index (χ0) is 19.0. The smallest absolute Gasteiger partial charge is 0.303 e. The highest BCUT2D eigenvalue weighted by Crippen LogP contribution is 2.29. The Balaban J connectivity index is 1.77. The number of carbonyl (C=O) groups is 2. The summed E-state index contributed by atoms with van der Waals surface area (Å²) in [5, 5.41) is 11.1. The Bertz CT molecular complexity index is 706. The number of carboxylic acid groups (broad SMARTS) is 1. The molecule has 1 aliphatic carbocycles. The Morgan fingerprint density at radius 1 is 1.00 bits per heavy atom. The lowest BCUT2D eigenvalue weighted by molar-refractivity contribution is -0.137. The number of nitrogens with one attached hydrogen (secondary N) is 1. The van der Waals surface area contributed by atoms with E-state index in [0.717, 1.165) is 44.9 Å². The summed E-state index contributed by atoms with van der Waals surface area (Å²) in [4.78, 5) is 22.8. The Kier molecular flexibility index (Phi) is 7.63. The number of rotatable bonds is 10. The van der Waals surface area contributed by atoms with Gasteiger partial charge in [0.15, 0.2) is 9.84 Å². The third-order valence-corrected chi connectivity index (χ3v) is 7.07. The number of carboxylic acids is 1. The molecule has 1 saturated carbocycles. The summed E-state index contributed by atoms with van der Waals surface area (Å²) in [5.74, 6) is -1.00. The van der Waals surface area contributed by atoms with Gasteiger partial charge in [0.05, 0.1) is 10.1 Å². The van der Waals surface area contributed by atoms with Gasteiger partial charge in [0.1, 0.15) is 0 Å². The van der Waals surface area contributed by atoms with Gasteiger partial charge in [-0.3, -0.25) is 9.59 Å². The predicted molar refractivity (Wildman–Crippen MR) is 98.9 cm³/mol. The van der Waals surface area contributed by atoms with Crippen LogP contribution in [0.1, 0.15) is 68.1 Å². The molecular formula is C19H27NO5S. The summed E-state index contributed by atoms with van der Waals surface area (Å²) < 4.78 is 25.0. The van der Waals surface area contributed by atoms with Gasteiger partial charge in [0.25, 0.3) is 5.91 Å². The molecule has 0 aliphatic heterocycles. The van der Waals surface area contributed by atoms with Crippen LogP contribution in [0.15, 0.2) is 29.2 Å². The monoisotopic (exact) mass is 381 g/mol. The molecule has 0 unspecified atom stereocenters. The fraction of sp³-hybridized carbons (Fsp3) is 0.579. The van der Waals surface area contributed by atoms with Gasteiger partial charge in [-0.15, -0.1) is 0 Å². The van der Waals surface area contributed by atoms with Gasteiger partial charge in [0.2, 0.25) is 0 Å². The molecule has 1 aromatic rings.